The zero-order valence-electron chi connectivity index (χ0n) is 10.5. The summed E-state index contributed by atoms with van der Waals surface area (Å²) in [5.41, 5.74) is 0. The Morgan fingerprint density at radius 3 is 2.81 bits per heavy atom. The van der Waals surface area contributed by atoms with Gasteiger partial charge in [-0.15, -0.1) is 11.3 Å². The van der Waals surface area contributed by atoms with Gasteiger partial charge in [0.05, 0.1) is 6.04 Å². The Balaban J connectivity index is 1.83. The first-order chi connectivity index (χ1) is 7.69. The number of nitrogens with one attached hydrogen (secondary N) is 1. The summed E-state index contributed by atoms with van der Waals surface area (Å²) in [4.78, 5) is 5.88. The predicted molar refractivity (Wildman–Crippen MR) is 69.8 cm³/mol. The molecule has 0 aliphatic heterocycles. The van der Waals surface area contributed by atoms with Crippen molar-refractivity contribution >= 4 is 11.3 Å². The SMILES string of the molecule is CCc1cnc(C(C)NC(C)CC2CC2)s1. The van der Waals surface area contributed by atoms with Crippen molar-refractivity contribution in [1.82, 2.24) is 10.3 Å². The number of aryl methyl sites for hydroxylation is 1. The molecule has 16 heavy (non-hydrogen) atoms. The first-order valence-electron chi connectivity index (χ1n) is 6.39. The fourth-order valence-corrected chi connectivity index (χ4v) is 2.97. The number of rotatable bonds is 6. The fraction of sp³-hybridized carbons (Fsp3) is 0.769. The molecular weight excluding hydrogens is 216 g/mol. The smallest absolute Gasteiger partial charge is 0.109 e. The summed E-state index contributed by atoms with van der Waals surface area (Å²) < 4.78 is 0. The van der Waals surface area contributed by atoms with Crippen LogP contribution in [-0.4, -0.2) is 11.0 Å². The van der Waals surface area contributed by atoms with Crippen molar-refractivity contribution in [1.29, 1.82) is 0 Å². The van der Waals surface area contributed by atoms with E-state index in [0.29, 0.717) is 12.1 Å². The zero-order valence-corrected chi connectivity index (χ0v) is 11.3. The molecule has 1 aromatic rings. The molecule has 0 spiro atoms. The molecule has 1 aromatic heterocycles. The maximum atomic E-state index is 4.49. The van der Waals surface area contributed by atoms with Crippen molar-refractivity contribution in [3.63, 3.8) is 0 Å². The fourth-order valence-electron chi connectivity index (χ4n) is 2.11. The summed E-state index contributed by atoms with van der Waals surface area (Å²) in [5, 5.41) is 4.89. The average Bonchev–Trinajstić information content (AvgIpc) is 2.93. The highest BCUT2D eigenvalue weighted by Crippen LogP contribution is 2.34. The van der Waals surface area contributed by atoms with E-state index in [0.717, 1.165) is 12.3 Å². The highest BCUT2D eigenvalue weighted by atomic mass is 32.1. The van der Waals surface area contributed by atoms with Gasteiger partial charge in [0, 0.05) is 17.1 Å². The van der Waals surface area contributed by atoms with E-state index in [1.54, 1.807) is 0 Å². The van der Waals surface area contributed by atoms with Crippen LogP contribution in [-0.2, 0) is 6.42 Å². The minimum atomic E-state index is 0.402. The van der Waals surface area contributed by atoms with Gasteiger partial charge in [0.2, 0.25) is 0 Å². The normalized spacial score (nSPS) is 19.7. The van der Waals surface area contributed by atoms with Crippen molar-refractivity contribution in [2.24, 2.45) is 5.92 Å². The highest BCUT2D eigenvalue weighted by Gasteiger charge is 2.24. The standard InChI is InChI=1S/C13H22N2S/c1-4-12-8-14-13(16-12)10(3)15-9(2)7-11-5-6-11/h8-11,15H,4-7H2,1-3H3. The van der Waals surface area contributed by atoms with E-state index in [2.05, 4.69) is 31.1 Å². The molecule has 0 radical (unpaired) electrons. The van der Waals surface area contributed by atoms with Gasteiger partial charge in [-0.1, -0.05) is 19.8 Å². The molecule has 1 aliphatic carbocycles. The van der Waals surface area contributed by atoms with Crippen molar-refractivity contribution < 1.29 is 0 Å². The monoisotopic (exact) mass is 238 g/mol. The lowest BCUT2D eigenvalue weighted by Crippen LogP contribution is -2.29. The topological polar surface area (TPSA) is 24.9 Å². The summed E-state index contributed by atoms with van der Waals surface area (Å²) >= 11 is 1.84. The Morgan fingerprint density at radius 2 is 2.25 bits per heavy atom. The van der Waals surface area contributed by atoms with E-state index < -0.39 is 0 Å². The number of nitrogens with zero attached hydrogens (tertiary/aromatic N) is 1. The number of hydrogen-bond acceptors (Lipinski definition) is 3. The Hall–Kier alpha value is -0.410. The third-order valence-electron chi connectivity index (χ3n) is 3.21. The molecule has 1 fully saturated rings. The number of hydrogen-bond donors (Lipinski definition) is 1. The van der Waals surface area contributed by atoms with Crippen LogP contribution in [0.1, 0.15) is 56.0 Å². The Morgan fingerprint density at radius 1 is 1.50 bits per heavy atom. The second-order valence-electron chi connectivity index (χ2n) is 4.99. The van der Waals surface area contributed by atoms with Gasteiger partial charge in [-0.25, -0.2) is 4.98 Å². The first kappa shape index (κ1) is 12.1. The Labute approximate surface area is 102 Å². The quantitative estimate of drug-likeness (QED) is 0.820. The summed E-state index contributed by atoms with van der Waals surface area (Å²) in [6.45, 7) is 6.70. The third-order valence-corrected chi connectivity index (χ3v) is 4.53. The lowest BCUT2D eigenvalue weighted by molar-refractivity contribution is 0.437. The molecule has 1 aliphatic rings. The molecule has 0 saturated heterocycles. The minimum Gasteiger partial charge on any atom is -0.306 e. The van der Waals surface area contributed by atoms with E-state index in [4.69, 9.17) is 0 Å². The van der Waals surface area contributed by atoms with Gasteiger partial charge in [-0.2, -0.15) is 0 Å². The first-order valence-corrected chi connectivity index (χ1v) is 7.21. The van der Waals surface area contributed by atoms with Gasteiger partial charge in [-0.05, 0) is 32.6 Å². The van der Waals surface area contributed by atoms with Gasteiger partial charge in [-0.3, -0.25) is 0 Å². The van der Waals surface area contributed by atoms with Crippen LogP contribution in [0.3, 0.4) is 0 Å². The molecule has 1 saturated carbocycles. The van der Waals surface area contributed by atoms with Crippen LogP contribution in [0.5, 0.6) is 0 Å². The molecule has 3 heteroatoms. The van der Waals surface area contributed by atoms with Gasteiger partial charge >= 0.3 is 0 Å². The molecule has 2 rings (SSSR count). The highest BCUT2D eigenvalue weighted by molar-refractivity contribution is 7.11. The summed E-state index contributed by atoms with van der Waals surface area (Å²) in [6.07, 6.45) is 7.33. The number of thiazole rings is 1. The molecule has 0 amide bonds. The van der Waals surface area contributed by atoms with E-state index >= 15 is 0 Å². The van der Waals surface area contributed by atoms with E-state index in [1.165, 1.54) is 29.1 Å². The van der Waals surface area contributed by atoms with Crippen LogP contribution >= 0.6 is 11.3 Å². The summed E-state index contributed by atoms with van der Waals surface area (Å²) in [7, 11) is 0. The molecular formula is C13H22N2S. The van der Waals surface area contributed by atoms with Crippen molar-refractivity contribution in [3.05, 3.63) is 16.1 Å². The third kappa shape index (κ3) is 3.29. The Kier molecular flexibility index (Phi) is 3.98. The minimum absolute atomic E-state index is 0.402. The van der Waals surface area contributed by atoms with Crippen LogP contribution in [0.25, 0.3) is 0 Å². The molecule has 0 aromatic carbocycles. The van der Waals surface area contributed by atoms with E-state index in [9.17, 15) is 0 Å². The van der Waals surface area contributed by atoms with Crippen LogP contribution in [0.4, 0.5) is 0 Å². The van der Waals surface area contributed by atoms with Crippen LogP contribution in [0, 0.1) is 5.92 Å². The lowest BCUT2D eigenvalue weighted by atomic mass is 10.1. The lowest BCUT2D eigenvalue weighted by Gasteiger charge is -2.18. The van der Waals surface area contributed by atoms with Crippen LogP contribution in [0.2, 0.25) is 0 Å². The summed E-state index contributed by atoms with van der Waals surface area (Å²) in [5.74, 6) is 0.997. The molecule has 2 atom stereocenters. The van der Waals surface area contributed by atoms with Crippen LogP contribution in [0.15, 0.2) is 6.20 Å². The van der Waals surface area contributed by atoms with E-state index in [1.807, 2.05) is 17.5 Å². The molecule has 2 unspecified atom stereocenters. The zero-order chi connectivity index (χ0) is 11.5. The predicted octanol–water partition coefficient (Wildman–Crippen LogP) is 3.54. The van der Waals surface area contributed by atoms with Crippen molar-refractivity contribution in [3.8, 4) is 0 Å². The largest absolute Gasteiger partial charge is 0.306 e. The maximum absolute atomic E-state index is 4.49. The van der Waals surface area contributed by atoms with Gasteiger partial charge in [0.25, 0.3) is 0 Å². The maximum Gasteiger partial charge on any atom is 0.109 e. The van der Waals surface area contributed by atoms with Gasteiger partial charge in [0.1, 0.15) is 5.01 Å². The van der Waals surface area contributed by atoms with Crippen LogP contribution < -0.4 is 5.32 Å². The second-order valence-corrected chi connectivity index (χ2v) is 6.13. The van der Waals surface area contributed by atoms with Crippen molar-refractivity contribution in [2.45, 2.75) is 58.5 Å². The van der Waals surface area contributed by atoms with Gasteiger partial charge in [0.15, 0.2) is 0 Å². The Bertz CT molecular complexity index is 330. The molecule has 2 nitrogen and oxygen atoms in total. The molecule has 1 heterocycles. The number of aromatic nitrogens is 1. The van der Waals surface area contributed by atoms with Gasteiger partial charge < -0.3 is 5.32 Å². The average molecular weight is 238 g/mol. The molecule has 0 bridgehead atoms. The van der Waals surface area contributed by atoms with E-state index in [-0.39, 0.29) is 0 Å². The molecule has 1 N–H and O–H groups in total. The molecule has 90 valence electrons. The summed E-state index contributed by atoms with van der Waals surface area (Å²) in [6, 6.07) is 1.02. The second kappa shape index (κ2) is 5.28. The van der Waals surface area contributed by atoms with Crippen molar-refractivity contribution in [2.75, 3.05) is 0 Å².